The molecule has 1 heterocycles. The number of esters is 1. The van der Waals surface area contributed by atoms with Crippen LogP contribution in [0.25, 0.3) is 0 Å². The van der Waals surface area contributed by atoms with Crippen molar-refractivity contribution >= 4 is 11.9 Å². The lowest BCUT2D eigenvalue weighted by Gasteiger charge is -2.21. The number of rotatable bonds is 12. The maximum absolute atomic E-state index is 11.5. The van der Waals surface area contributed by atoms with Crippen molar-refractivity contribution < 1.29 is 24.0 Å². The van der Waals surface area contributed by atoms with Gasteiger partial charge in [-0.05, 0) is 26.3 Å². The van der Waals surface area contributed by atoms with Gasteiger partial charge in [0.2, 0.25) is 5.89 Å². The second-order valence-electron chi connectivity index (χ2n) is 7.76. The van der Waals surface area contributed by atoms with Crippen molar-refractivity contribution in [2.24, 2.45) is 5.92 Å². The predicted octanol–water partition coefficient (Wildman–Crippen LogP) is 3.37. The molecule has 1 aliphatic rings. The highest BCUT2D eigenvalue weighted by atomic mass is 16.5. The highest BCUT2D eigenvalue weighted by Gasteiger charge is 2.23. The first-order valence-electron chi connectivity index (χ1n) is 10.4. The summed E-state index contributed by atoms with van der Waals surface area (Å²) in [6, 6.07) is 0. The van der Waals surface area contributed by atoms with Crippen molar-refractivity contribution in [1.82, 2.24) is 15.0 Å². The van der Waals surface area contributed by atoms with Gasteiger partial charge in [-0.15, -0.1) is 0 Å². The smallest absolute Gasteiger partial charge is 0.320 e. The van der Waals surface area contributed by atoms with Crippen LogP contribution in [0.15, 0.2) is 4.52 Å². The van der Waals surface area contributed by atoms with E-state index in [0.29, 0.717) is 24.9 Å². The number of hydrogen-bond donors (Lipinski definition) is 1. The fraction of sp³-hybridized carbons (Fsp3) is 0.800. The molecule has 0 amide bonds. The summed E-state index contributed by atoms with van der Waals surface area (Å²) in [7, 11) is 1.77. The minimum absolute atomic E-state index is 0.00896. The molecule has 1 N–H and O–H groups in total. The molecule has 8 nitrogen and oxygen atoms in total. The van der Waals surface area contributed by atoms with Gasteiger partial charge in [0.25, 0.3) is 0 Å². The summed E-state index contributed by atoms with van der Waals surface area (Å²) in [5.41, 5.74) is 0. The zero-order valence-corrected chi connectivity index (χ0v) is 17.1. The first kappa shape index (κ1) is 22.3. The van der Waals surface area contributed by atoms with Crippen LogP contribution in [0.3, 0.4) is 0 Å². The lowest BCUT2D eigenvalue weighted by molar-refractivity contribution is -0.144. The summed E-state index contributed by atoms with van der Waals surface area (Å²) in [5, 5.41) is 13.2. The normalized spacial score (nSPS) is 16.2. The molecular formula is C20H33N3O5. The first-order valence-corrected chi connectivity index (χ1v) is 10.4. The zero-order valence-electron chi connectivity index (χ0n) is 17.1. The van der Waals surface area contributed by atoms with Crippen LogP contribution >= 0.6 is 0 Å². The van der Waals surface area contributed by atoms with Crippen LogP contribution in [0, 0.1) is 5.92 Å². The van der Waals surface area contributed by atoms with Crippen molar-refractivity contribution in [1.29, 1.82) is 0 Å². The third kappa shape index (κ3) is 7.96. The number of carboxylic acids is 1. The lowest BCUT2D eigenvalue weighted by atomic mass is 9.84. The molecule has 0 bridgehead atoms. The topological polar surface area (TPSA) is 106 Å². The minimum atomic E-state index is -0.859. The number of aromatic nitrogens is 2. The van der Waals surface area contributed by atoms with Crippen LogP contribution in [-0.4, -0.2) is 52.3 Å². The van der Waals surface area contributed by atoms with Gasteiger partial charge in [0, 0.05) is 5.92 Å². The molecular weight excluding hydrogens is 362 g/mol. The molecule has 0 unspecified atom stereocenters. The van der Waals surface area contributed by atoms with Gasteiger partial charge in [0.15, 0.2) is 5.82 Å². The van der Waals surface area contributed by atoms with E-state index in [-0.39, 0.29) is 24.9 Å². The van der Waals surface area contributed by atoms with Crippen molar-refractivity contribution in [3.63, 3.8) is 0 Å². The molecule has 0 aliphatic heterocycles. The van der Waals surface area contributed by atoms with E-state index in [4.69, 9.17) is 9.26 Å². The van der Waals surface area contributed by atoms with Crippen molar-refractivity contribution in [2.75, 3.05) is 20.2 Å². The summed E-state index contributed by atoms with van der Waals surface area (Å²) in [6.45, 7) is 2.58. The Morgan fingerprint density at radius 1 is 1.32 bits per heavy atom. The molecule has 28 heavy (non-hydrogen) atoms. The molecule has 1 aromatic heterocycles. The van der Waals surface area contributed by atoms with Crippen LogP contribution in [0.2, 0.25) is 0 Å². The second kappa shape index (κ2) is 11.8. The number of carbonyl (C=O) groups excluding carboxylic acids is 1. The summed E-state index contributed by atoms with van der Waals surface area (Å²) >= 11 is 0. The standard InChI is InChI=1S/C20H33N3O5/c1-3-27-19(26)14-23(2)13-17-21-20(28-22-17)16(12-18(24)25)11-7-10-15-8-5-4-6-9-15/h15-16H,3-14H2,1-2H3,(H,24,25)/t16-/m1/s1. The van der Waals surface area contributed by atoms with Gasteiger partial charge in [0.1, 0.15) is 0 Å². The summed E-state index contributed by atoms with van der Waals surface area (Å²) < 4.78 is 10.3. The third-order valence-corrected chi connectivity index (χ3v) is 5.26. The van der Waals surface area contributed by atoms with Crippen LogP contribution in [0.1, 0.15) is 82.3 Å². The Balaban J connectivity index is 1.86. The molecule has 1 fully saturated rings. The monoisotopic (exact) mass is 395 g/mol. The largest absolute Gasteiger partial charge is 0.481 e. The number of aliphatic carboxylic acids is 1. The number of carbonyl (C=O) groups is 2. The summed E-state index contributed by atoms with van der Waals surface area (Å²) in [5.74, 6) is 0.170. The first-order chi connectivity index (χ1) is 13.5. The van der Waals surface area contributed by atoms with Crippen LogP contribution < -0.4 is 0 Å². The fourth-order valence-electron chi connectivity index (χ4n) is 3.87. The van der Waals surface area contributed by atoms with Gasteiger partial charge < -0.3 is 14.4 Å². The third-order valence-electron chi connectivity index (χ3n) is 5.26. The van der Waals surface area contributed by atoms with Crippen molar-refractivity contribution in [2.45, 2.75) is 77.2 Å². The summed E-state index contributed by atoms with van der Waals surface area (Å²) in [6.07, 6.45) is 9.40. The molecule has 1 saturated carbocycles. The van der Waals surface area contributed by atoms with Crippen molar-refractivity contribution in [3.05, 3.63) is 11.7 Å². The molecule has 2 rings (SSSR count). The van der Waals surface area contributed by atoms with Gasteiger partial charge in [-0.2, -0.15) is 4.98 Å². The molecule has 1 aliphatic carbocycles. The Bertz CT molecular complexity index is 613. The van der Waals surface area contributed by atoms with E-state index in [1.807, 2.05) is 0 Å². The number of nitrogens with zero attached hydrogens (tertiary/aromatic N) is 3. The van der Waals surface area contributed by atoms with Crippen LogP contribution in [-0.2, 0) is 20.9 Å². The molecule has 1 aromatic rings. The van der Waals surface area contributed by atoms with Crippen LogP contribution in [0.5, 0.6) is 0 Å². The molecule has 0 aromatic carbocycles. The van der Waals surface area contributed by atoms with E-state index >= 15 is 0 Å². The average Bonchev–Trinajstić information content (AvgIpc) is 3.09. The SMILES string of the molecule is CCOC(=O)CN(C)Cc1noc([C@H](CCCC2CCCCC2)CC(=O)O)n1. The molecule has 158 valence electrons. The Hall–Kier alpha value is -1.96. The highest BCUT2D eigenvalue weighted by molar-refractivity contribution is 5.71. The molecule has 0 spiro atoms. The van der Waals surface area contributed by atoms with Gasteiger partial charge in [-0.3, -0.25) is 14.5 Å². The van der Waals surface area contributed by atoms with E-state index in [9.17, 15) is 14.7 Å². The molecule has 1 atom stereocenters. The van der Waals surface area contributed by atoms with Gasteiger partial charge in [0.05, 0.1) is 26.1 Å². The lowest BCUT2D eigenvalue weighted by Crippen LogP contribution is -2.27. The van der Waals surface area contributed by atoms with E-state index in [1.165, 1.54) is 32.1 Å². The van der Waals surface area contributed by atoms with Crippen molar-refractivity contribution in [3.8, 4) is 0 Å². The van der Waals surface area contributed by atoms with E-state index in [0.717, 1.165) is 25.2 Å². The highest BCUT2D eigenvalue weighted by Crippen LogP contribution is 2.31. The summed E-state index contributed by atoms with van der Waals surface area (Å²) in [4.78, 5) is 28.9. The van der Waals surface area contributed by atoms with E-state index < -0.39 is 5.97 Å². The number of ether oxygens (including phenoxy) is 1. The van der Waals surface area contributed by atoms with Crippen LogP contribution in [0.4, 0.5) is 0 Å². The Labute approximate surface area is 166 Å². The molecule has 8 heteroatoms. The van der Waals surface area contributed by atoms with Gasteiger partial charge >= 0.3 is 11.9 Å². The predicted molar refractivity (Wildman–Crippen MR) is 103 cm³/mol. The Kier molecular flexibility index (Phi) is 9.40. The average molecular weight is 396 g/mol. The maximum atomic E-state index is 11.5. The quantitative estimate of drug-likeness (QED) is 0.537. The number of carboxylic acid groups (broad SMARTS) is 1. The van der Waals surface area contributed by atoms with E-state index in [2.05, 4.69) is 10.1 Å². The Morgan fingerprint density at radius 3 is 2.75 bits per heavy atom. The fourth-order valence-corrected chi connectivity index (χ4v) is 3.87. The van der Waals surface area contributed by atoms with E-state index in [1.54, 1.807) is 18.9 Å². The molecule has 0 saturated heterocycles. The van der Waals surface area contributed by atoms with Gasteiger partial charge in [-0.25, -0.2) is 0 Å². The second-order valence-corrected chi connectivity index (χ2v) is 7.76. The number of likely N-dealkylation sites (N-methyl/N-ethyl adjacent to an activating group) is 1. The minimum Gasteiger partial charge on any atom is -0.481 e. The molecule has 0 radical (unpaired) electrons. The van der Waals surface area contributed by atoms with Gasteiger partial charge in [-0.1, -0.05) is 50.1 Å². The Morgan fingerprint density at radius 2 is 2.07 bits per heavy atom. The zero-order chi connectivity index (χ0) is 20.4. The maximum Gasteiger partial charge on any atom is 0.320 e. The number of hydrogen-bond acceptors (Lipinski definition) is 7.